The van der Waals surface area contributed by atoms with Crippen molar-refractivity contribution in [1.82, 2.24) is 10.2 Å². The molecular weight excluding hydrogens is 304 g/mol. The molecule has 3 aromatic rings. The van der Waals surface area contributed by atoms with E-state index in [0.717, 1.165) is 17.9 Å². The van der Waals surface area contributed by atoms with Crippen molar-refractivity contribution in [2.24, 2.45) is 0 Å². The van der Waals surface area contributed by atoms with Gasteiger partial charge in [-0.1, -0.05) is 19.1 Å². The van der Waals surface area contributed by atoms with Crippen LogP contribution in [0.1, 0.15) is 28.7 Å². The number of benzene rings is 1. The van der Waals surface area contributed by atoms with E-state index in [9.17, 15) is 4.79 Å². The summed E-state index contributed by atoms with van der Waals surface area (Å²) in [7, 11) is 0. The summed E-state index contributed by atoms with van der Waals surface area (Å²) in [5.41, 5.74) is 2.22. The second-order valence-corrected chi connectivity index (χ2v) is 5.24. The van der Waals surface area contributed by atoms with Gasteiger partial charge in [-0.05, 0) is 48.4 Å². The zero-order valence-electron chi connectivity index (χ0n) is 13.3. The molecule has 0 aliphatic rings. The van der Waals surface area contributed by atoms with Crippen LogP contribution in [0.25, 0.3) is 0 Å². The summed E-state index contributed by atoms with van der Waals surface area (Å²) in [6, 6.07) is 14.8. The number of carbonyl (C=O) groups excluding carboxylic acids is 1. The minimum atomic E-state index is -0.288. The molecule has 6 nitrogen and oxygen atoms in total. The number of anilines is 2. The third-order valence-electron chi connectivity index (χ3n) is 3.54. The van der Waals surface area contributed by atoms with Gasteiger partial charge in [0.15, 0.2) is 5.69 Å². The minimum absolute atomic E-state index is 0.262. The van der Waals surface area contributed by atoms with Crippen LogP contribution in [0.3, 0.4) is 0 Å². The molecule has 1 amide bonds. The maximum absolute atomic E-state index is 12.2. The Balaban J connectivity index is 1.58. The first kappa shape index (κ1) is 15.7. The molecule has 0 fully saturated rings. The normalized spacial score (nSPS) is 10.4. The molecule has 0 unspecified atom stereocenters. The van der Waals surface area contributed by atoms with Gasteiger partial charge in [-0.3, -0.25) is 4.79 Å². The quantitative estimate of drug-likeness (QED) is 0.726. The average Bonchev–Trinajstić information content (AvgIpc) is 3.14. The van der Waals surface area contributed by atoms with Crippen molar-refractivity contribution in [3.05, 3.63) is 71.8 Å². The fourth-order valence-electron chi connectivity index (χ4n) is 2.16. The second-order valence-electron chi connectivity index (χ2n) is 5.24. The van der Waals surface area contributed by atoms with E-state index in [-0.39, 0.29) is 11.6 Å². The maximum Gasteiger partial charge on any atom is 0.276 e. The van der Waals surface area contributed by atoms with Crippen LogP contribution in [0.5, 0.6) is 0 Å². The number of rotatable bonds is 6. The molecule has 6 heteroatoms. The zero-order chi connectivity index (χ0) is 16.8. The van der Waals surface area contributed by atoms with Crippen LogP contribution in [0.4, 0.5) is 11.5 Å². The Labute approximate surface area is 139 Å². The van der Waals surface area contributed by atoms with Crippen molar-refractivity contribution in [2.45, 2.75) is 19.9 Å². The summed E-state index contributed by atoms with van der Waals surface area (Å²) < 4.78 is 5.23. The van der Waals surface area contributed by atoms with E-state index >= 15 is 0 Å². The minimum Gasteiger partial charge on any atom is -0.467 e. The summed E-state index contributed by atoms with van der Waals surface area (Å²) in [5, 5.41) is 13.8. The van der Waals surface area contributed by atoms with E-state index in [4.69, 9.17) is 4.42 Å². The van der Waals surface area contributed by atoms with Crippen LogP contribution < -0.4 is 10.6 Å². The smallest absolute Gasteiger partial charge is 0.276 e. The van der Waals surface area contributed by atoms with Crippen molar-refractivity contribution in [3.63, 3.8) is 0 Å². The Morgan fingerprint density at radius 2 is 1.92 bits per heavy atom. The molecule has 3 rings (SSSR count). The van der Waals surface area contributed by atoms with Gasteiger partial charge >= 0.3 is 0 Å². The fourth-order valence-corrected chi connectivity index (χ4v) is 2.16. The summed E-state index contributed by atoms with van der Waals surface area (Å²) in [6.45, 7) is 2.60. The molecule has 0 saturated carbocycles. The van der Waals surface area contributed by atoms with Crippen LogP contribution in [0.15, 0.2) is 59.2 Å². The SMILES string of the molecule is CCc1ccc(NC(=O)c2ccc(NCc3ccco3)nn2)cc1. The number of aromatic nitrogens is 2. The molecule has 1 aromatic carbocycles. The van der Waals surface area contributed by atoms with Gasteiger partial charge in [0, 0.05) is 5.69 Å². The van der Waals surface area contributed by atoms with Crippen LogP contribution in [-0.2, 0) is 13.0 Å². The van der Waals surface area contributed by atoms with Crippen molar-refractivity contribution in [2.75, 3.05) is 10.6 Å². The van der Waals surface area contributed by atoms with Crippen LogP contribution in [0.2, 0.25) is 0 Å². The van der Waals surface area contributed by atoms with Gasteiger partial charge in [-0.2, -0.15) is 0 Å². The first-order valence-electron chi connectivity index (χ1n) is 7.75. The van der Waals surface area contributed by atoms with Gasteiger partial charge in [-0.25, -0.2) is 0 Å². The lowest BCUT2D eigenvalue weighted by Gasteiger charge is -2.06. The van der Waals surface area contributed by atoms with E-state index in [0.29, 0.717) is 12.4 Å². The van der Waals surface area contributed by atoms with E-state index < -0.39 is 0 Å². The fraction of sp³-hybridized carbons (Fsp3) is 0.167. The van der Waals surface area contributed by atoms with Gasteiger partial charge in [0.1, 0.15) is 11.6 Å². The number of amides is 1. The molecule has 2 heterocycles. The lowest BCUT2D eigenvalue weighted by Crippen LogP contribution is -2.14. The summed E-state index contributed by atoms with van der Waals surface area (Å²) in [5.74, 6) is 1.09. The molecule has 0 aliphatic heterocycles. The van der Waals surface area contributed by atoms with Crippen LogP contribution in [0, 0.1) is 0 Å². The Bertz CT molecular complexity index is 781. The molecule has 122 valence electrons. The van der Waals surface area contributed by atoms with Gasteiger partial charge in [0.05, 0.1) is 12.8 Å². The van der Waals surface area contributed by atoms with E-state index in [1.54, 1.807) is 18.4 Å². The maximum atomic E-state index is 12.2. The van der Waals surface area contributed by atoms with Gasteiger partial charge in [0.25, 0.3) is 5.91 Å². The number of hydrogen-bond acceptors (Lipinski definition) is 5. The highest BCUT2D eigenvalue weighted by molar-refractivity contribution is 6.02. The molecule has 0 aliphatic carbocycles. The first-order chi connectivity index (χ1) is 11.7. The van der Waals surface area contributed by atoms with Gasteiger partial charge < -0.3 is 15.1 Å². The molecule has 0 spiro atoms. The topological polar surface area (TPSA) is 80.0 Å². The summed E-state index contributed by atoms with van der Waals surface area (Å²) >= 11 is 0. The highest BCUT2D eigenvalue weighted by Gasteiger charge is 2.09. The molecule has 2 aromatic heterocycles. The lowest BCUT2D eigenvalue weighted by atomic mass is 10.1. The Morgan fingerprint density at radius 3 is 2.54 bits per heavy atom. The van der Waals surface area contributed by atoms with Crippen molar-refractivity contribution >= 4 is 17.4 Å². The molecule has 24 heavy (non-hydrogen) atoms. The number of carbonyl (C=O) groups is 1. The van der Waals surface area contributed by atoms with E-state index in [1.807, 2.05) is 36.4 Å². The predicted octanol–water partition coefficient (Wildman–Crippen LogP) is 3.50. The molecular formula is C18H18N4O2. The monoisotopic (exact) mass is 322 g/mol. The van der Waals surface area contributed by atoms with Crippen LogP contribution >= 0.6 is 0 Å². The molecule has 0 radical (unpaired) electrons. The Morgan fingerprint density at radius 1 is 1.08 bits per heavy atom. The first-order valence-corrected chi connectivity index (χ1v) is 7.75. The van der Waals surface area contributed by atoms with Crippen molar-refractivity contribution in [1.29, 1.82) is 0 Å². The highest BCUT2D eigenvalue weighted by Crippen LogP contribution is 2.12. The Hall–Kier alpha value is -3.15. The standard InChI is InChI=1S/C18H18N4O2/c1-2-13-5-7-14(8-6-13)20-18(23)16-9-10-17(22-21-16)19-12-15-4-3-11-24-15/h3-11H,2,12H2,1H3,(H,19,22)(H,20,23). The van der Waals surface area contributed by atoms with Gasteiger partial charge in [0.2, 0.25) is 0 Å². The van der Waals surface area contributed by atoms with E-state index in [2.05, 4.69) is 27.8 Å². The van der Waals surface area contributed by atoms with Crippen LogP contribution in [-0.4, -0.2) is 16.1 Å². The van der Waals surface area contributed by atoms with Crippen molar-refractivity contribution < 1.29 is 9.21 Å². The number of nitrogens with zero attached hydrogens (tertiary/aromatic N) is 2. The Kier molecular flexibility index (Phi) is 4.86. The lowest BCUT2D eigenvalue weighted by molar-refractivity contribution is 0.102. The summed E-state index contributed by atoms with van der Waals surface area (Å²) in [6.07, 6.45) is 2.58. The molecule has 2 N–H and O–H groups in total. The second kappa shape index (κ2) is 7.41. The third kappa shape index (κ3) is 3.98. The number of furan rings is 1. The zero-order valence-corrected chi connectivity index (χ0v) is 13.3. The number of aryl methyl sites for hydroxylation is 1. The predicted molar refractivity (Wildman–Crippen MR) is 91.8 cm³/mol. The largest absolute Gasteiger partial charge is 0.467 e. The third-order valence-corrected chi connectivity index (χ3v) is 3.54. The molecule has 0 bridgehead atoms. The molecule has 0 atom stereocenters. The average molecular weight is 322 g/mol. The van der Waals surface area contributed by atoms with E-state index in [1.165, 1.54) is 5.56 Å². The number of hydrogen-bond donors (Lipinski definition) is 2. The molecule has 0 saturated heterocycles. The van der Waals surface area contributed by atoms with Gasteiger partial charge in [-0.15, -0.1) is 10.2 Å². The van der Waals surface area contributed by atoms with Crippen molar-refractivity contribution in [3.8, 4) is 0 Å². The highest BCUT2D eigenvalue weighted by atomic mass is 16.3. The number of nitrogens with one attached hydrogen (secondary N) is 2. The summed E-state index contributed by atoms with van der Waals surface area (Å²) in [4.78, 5) is 12.2.